The second kappa shape index (κ2) is 5.89. The molecule has 0 aliphatic rings. The second-order valence-corrected chi connectivity index (χ2v) is 4.58. The summed E-state index contributed by atoms with van der Waals surface area (Å²) in [5.41, 5.74) is 9.93. The minimum Gasteiger partial charge on any atom is -0.494 e. The maximum absolute atomic E-state index is 5.61. The van der Waals surface area contributed by atoms with Crippen molar-refractivity contribution >= 4 is 0 Å². The lowest BCUT2D eigenvalue weighted by Crippen LogP contribution is -2.03. The van der Waals surface area contributed by atoms with E-state index in [-0.39, 0.29) is 0 Å². The molecule has 2 N–H and O–H groups in total. The fourth-order valence-electron chi connectivity index (χ4n) is 2.16. The molecule has 2 rings (SSSR count). The summed E-state index contributed by atoms with van der Waals surface area (Å²) >= 11 is 0. The maximum Gasteiger partial charge on any atom is 0.170 e. The van der Waals surface area contributed by atoms with E-state index >= 15 is 0 Å². The largest absolute Gasteiger partial charge is 0.494 e. The van der Waals surface area contributed by atoms with Crippen LogP contribution in [-0.2, 0) is 6.42 Å². The first-order valence-corrected chi connectivity index (χ1v) is 6.55. The van der Waals surface area contributed by atoms with Crippen LogP contribution in [0, 0.1) is 13.8 Å². The Morgan fingerprint density at radius 1 is 1.26 bits per heavy atom. The Morgan fingerprint density at radius 3 is 2.74 bits per heavy atom. The van der Waals surface area contributed by atoms with Crippen molar-refractivity contribution in [1.29, 1.82) is 0 Å². The molecule has 1 heterocycles. The summed E-state index contributed by atoms with van der Waals surface area (Å²) in [6.45, 7) is 7.32. The average molecular weight is 260 g/mol. The van der Waals surface area contributed by atoms with Crippen LogP contribution in [0.2, 0.25) is 0 Å². The van der Waals surface area contributed by atoms with Crippen LogP contribution in [0.15, 0.2) is 22.9 Å². The molecule has 0 saturated carbocycles. The van der Waals surface area contributed by atoms with Crippen molar-refractivity contribution in [2.45, 2.75) is 27.2 Å². The van der Waals surface area contributed by atoms with Crippen molar-refractivity contribution in [2.24, 2.45) is 5.73 Å². The Morgan fingerprint density at radius 2 is 2.05 bits per heavy atom. The Hall–Kier alpha value is -1.81. The molecule has 0 amide bonds. The molecular formula is C15H20N2O2. The van der Waals surface area contributed by atoms with Gasteiger partial charge in [-0.15, -0.1) is 0 Å². The molecular weight excluding hydrogens is 240 g/mol. The number of aryl methyl sites for hydroxylation is 2. The quantitative estimate of drug-likeness (QED) is 0.898. The Kier molecular flexibility index (Phi) is 4.22. The topological polar surface area (TPSA) is 61.3 Å². The zero-order chi connectivity index (χ0) is 13.8. The van der Waals surface area contributed by atoms with E-state index in [9.17, 15) is 0 Å². The Labute approximate surface area is 113 Å². The van der Waals surface area contributed by atoms with Gasteiger partial charge < -0.3 is 15.0 Å². The molecule has 1 aromatic carbocycles. The second-order valence-electron chi connectivity index (χ2n) is 4.58. The van der Waals surface area contributed by atoms with Crippen molar-refractivity contribution in [3.8, 4) is 17.1 Å². The van der Waals surface area contributed by atoms with Crippen LogP contribution < -0.4 is 10.5 Å². The van der Waals surface area contributed by atoms with Crippen molar-refractivity contribution in [3.05, 3.63) is 35.0 Å². The Balaban J connectivity index is 2.45. The molecule has 0 fully saturated rings. The van der Waals surface area contributed by atoms with Gasteiger partial charge >= 0.3 is 0 Å². The predicted molar refractivity (Wildman–Crippen MR) is 75.3 cm³/mol. The summed E-state index contributed by atoms with van der Waals surface area (Å²) in [5.74, 6) is 1.73. The number of nitrogens with zero attached hydrogens (tertiary/aromatic N) is 1. The fraction of sp³-hybridized carbons (Fsp3) is 0.400. The summed E-state index contributed by atoms with van der Waals surface area (Å²) in [5, 5.41) is 3.88. The van der Waals surface area contributed by atoms with Gasteiger partial charge in [0.15, 0.2) is 5.76 Å². The van der Waals surface area contributed by atoms with E-state index < -0.39 is 0 Å². The van der Waals surface area contributed by atoms with Crippen molar-refractivity contribution in [1.82, 2.24) is 5.16 Å². The molecule has 0 unspecified atom stereocenters. The number of aromatic nitrogens is 1. The zero-order valence-electron chi connectivity index (χ0n) is 11.7. The van der Waals surface area contributed by atoms with Crippen molar-refractivity contribution in [3.63, 3.8) is 0 Å². The predicted octanol–water partition coefficient (Wildman–Crippen LogP) is 2.86. The van der Waals surface area contributed by atoms with Crippen LogP contribution in [0.3, 0.4) is 0 Å². The van der Waals surface area contributed by atoms with Crippen LogP contribution in [0.1, 0.15) is 23.6 Å². The van der Waals surface area contributed by atoms with Crippen LogP contribution >= 0.6 is 0 Å². The van der Waals surface area contributed by atoms with Crippen LogP contribution in [-0.4, -0.2) is 18.3 Å². The van der Waals surface area contributed by atoms with E-state index in [4.69, 9.17) is 15.0 Å². The van der Waals surface area contributed by atoms with E-state index in [0.29, 0.717) is 13.2 Å². The van der Waals surface area contributed by atoms with Gasteiger partial charge in [0, 0.05) is 11.1 Å². The molecule has 4 heteroatoms. The van der Waals surface area contributed by atoms with E-state index in [1.165, 1.54) is 0 Å². The van der Waals surface area contributed by atoms with E-state index in [1.54, 1.807) is 6.20 Å². The van der Waals surface area contributed by atoms with Crippen LogP contribution in [0.5, 0.6) is 5.75 Å². The summed E-state index contributed by atoms with van der Waals surface area (Å²) in [6.07, 6.45) is 2.51. The van der Waals surface area contributed by atoms with Gasteiger partial charge in [-0.2, -0.15) is 0 Å². The standard InChI is InChI=1S/C15H20N2O2/c1-4-18-14-8-10(2)13(7-11(14)3)15-12(5-6-16)9-17-19-15/h7-9H,4-6,16H2,1-3H3. The fourth-order valence-corrected chi connectivity index (χ4v) is 2.16. The number of benzene rings is 1. The molecule has 0 bridgehead atoms. The zero-order valence-corrected chi connectivity index (χ0v) is 11.7. The normalized spacial score (nSPS) is 10.7. The van der Waals surface area contributed by atoms with Gasteiger partial charge in [0.05, 0.1) is 12.8 Å². The number of nitrogens with two attached hydrogens (primary N) is 1. The lowest BCUT2D eigenvalue weighted by Gasteiger charge is -2.11. The smallest absolute Gasteiger partial charge is 0.170 e. The van der Waals surface area contributed by atoms with Crippen molar-refractivity contribution < 1.29 is 9.26 Å². The lowest BCUT2D eigenvalue weighted by atomic mass is 9.99. The molecule has 0 radical (unpaired) electrons. The SMILES string of the molecule is CCOc1cc(C)c(-c2oncc2CCN)cc1C. The number of hydrogen-bond acceptors (Lipinski definition) is 4. The summed E-state index contributed by atoms with van der Waals surface area (Å²) in [7, 11) is 0. The summed E-state index contributed by atoms with van der Waals surface area (Å²) in [6, 6.07) is 4.13. The van der Waals surface area contributed by atoms with Crippen molar-refractivity contribution in [2.75, 3.05) is 13.2 Å². The third kappa shape index (κ3) is 2.79. The first-order chi connectivity index (χ1) is 9.17. The first kappa shape index (κ1) is 13.6. The number of ether oxygens (including phenoxy) is 1. The number of rotatable bonds is 5. The highest BCUT2D eigenvalue weighted by Crippen LogP contribution is 2.32. The Bertz CT molecular complexity index is 561. The molecule has 1 aromatic heterocycles. The van der Waals surface area contributed by atoms with E-state index in [1.807, 2.05) is 26.8 Å². The number of hydrogen-bond donors (Lipinski definition) is 1. The highest BCUT2D eigenvalue weighted by atomic mass is 16.5. The van der Waals surface area contributed by atoms with E-state index in [0.717, 1.165) is 40.2 Å². The maximum atomic E-state index is 5.61. The first-order valence-electron chi connectivity index (χ1n) is 6.55. The van der Waals surface area contributed by atoms with Gasteiger partial charge in [0.25, 0.3) is 0 Å². The highest BCUT2D eigenvalue weighted by Gasteiger charge is 2.14. The van der Waals surface area contributed by atoms with Gasteiger partial charge in [-0.05, 0) is 57.0 Å². The highest BCUT2D eigenvalue weighted by molar-refractivity contribution is 5.67. The molecule has 102 valence electrons. The van der Waals surface area contributed by atoms with Crippen LogP contribution in [0.4, 0.5) is 0 Å². The third-order valence-corrected chi connectivity index (χ3v) is 3.12. The summed E-state index contributed by atoms with van der Waals surface area (Å²) in [4.78, 5) is 0. The van der Waals surface area contributed by atoms with Gasteiger partial charge in [-0.1, -0.05) is 5.16 Å². The molecule has 0 aliphatic carbocycles. The molecule has 0 aliphatic heterocycles. The molecule has 0 saturated heterocycles. The van der Waals surface area contributed by atoms with E-state index in [2.05, 4.69) is 11.2 Å². The molecule has 19 heavy (non-hydrogen) atoms. The minimum absolute atomic E-state index is 0.587. The molecule has 2 aromatic rings. The minimum atomic E-state index is 0.587. The molecule has 0 spiro atoms. The van der Waals surface area contributed by atoms with Gasteiger partial charge in [0.2, 0.25) is 0 Å². The molecule has 0 atom stereocenters. The summed E-state index contributed by atoms with van der Waals surface area (Å²) < 4.78 is 11.0. The molecule has 4 nitrogen and oxygen atoms in total. The van der Waals surface area contributed by atoms with Gasteiger partial charge in [-0.25, -0.2) is 0 Å². The lowest BCUT2D eigenvalue weighted by molar-refractivity contribution is 0.337. The van der Waals surface area contributed by atoms with Crippen LogP contribution in [0.25, 0.3) is 11.3 Å². The van der Waals surface area contributed by atoms with Gasteiger partial charge in [0.1, 0.15) is 5.75 Å². The average Bonchev–Trinajstić information content (AvgIpc) is 2.82. The monoisotopic (exact) mass is 260 g/mol. The third-order valence-electron chi connectivity index (χ3n) is 3.12. The van der Waals surface area contributed by atoms with Gasteiger partial charge in [-0.3, -0.25) is 0 Å².